The van der Waals surface area contributed by atoms with Crippen LogP contribution in [0.3, 0.4) is 0 Å². The van der Waals surface area contributed by atoms with Crippen LogP contribution in [-0.4, -0.2) is 29.6 Å². The van der Waals surface area contributed by atoms with Gasteiger partial charge in [0.15, 0.2) is 0 Å². The monoisotopic (exact) mass is 244 g/mol. The second-order valence-electron chi connectivity index (χ2n) is 5.58. The number of rotatable bonds is 7. The zero-order valence-corrected chi connectivity index (χ0v) is 11.0. The topological polar surface area (TPSA) is 92.4 Å². The van der Waals surface area contributed by atoms with Gasteiger partial charge in [0.05, 0.1) is 0 Å². The summed E-state index contributed by atoms with van der Waals surface area (Å²) >= 11 is 0. The first-order valence-corrected chi connectivity index (χ1v) is 5.95. The predicted molar refractivity (Wildman–Crippen MR) is 66.5 cm³/mol. The molecule has 17 heavy (non-hydrogen) atoms. The minimum Gasteiger partial charge on any atom is -0.481 e. The van der Waals surface area contributed by atoms with Crippen molar-refractivity contribution in [1.82, 2.24) is 5.32 Å². The van der Waals surface area contributed by atoms with E-state index in [2.05, 4.69) is 26.1 Å². The molecule has 0 bridgehead atoms. The quantitative estimate of drug-likeness (QED) is 0.585. The average Bonchev–Trinajstić information content (AvgIpc) is 2.08. The maximum Gasteiger partial charge on any atom is 0.303 e. The van der Waals surface area contributed by atoms with Gasteiger partial charge in [0, 0.05) is 25.4 Å². The van der Waals surface area contributed by atoms with Gasteiger partial charge in [0.25, 0.3) is 0 Å². The molecule has 0 aromatic carbocycles. The Morgan fingerprint density at radius 2 is 1.94 bits per heavy atom. The van der Waals surface area contributed by atoms with Crippen LogP contribution in [0.2, 0.25) is 0 Å². The minimum absolute atomic E-state index is 0.0777. The molecule has 0 aliphatic rings. The Hall–Kier alpha value is -1.10. The summed E-state index contributed by atoms with van der Waals surface area (Å²) < 4.78 is 0. The molecule has 0 aliphatic heterocycles. The number of aliphatic carboxylic acids is 1. The van der Waals surface area contributed by atoms with E-state index in [9.17, 15) is 9.59 Å². The van der Waals surface area contributed by atoms with Crippen molar-refractivity contribution in [2.45, 2.75) is 52.5 Å². The van der Waals surface area contributed by atoms with E-state index < -0.39 is 5.97 Å². The van der Waals surface area contributed by atoms with Crippen LogP contribution in [0.1, 0.15) is 46.5 Å². The van der Waals surface area contributed by atoms with E-state index in [1.807, 2.05) is 0 Å². The van der Waals surface area contributed by atoms with E-state index in [1.165, 1.54) is 0 Å². The van der Waals surface area contributed by atoms with E-state index >= 15 is 0 Å². The fraction of sp³-hybridized carbons (Fsp3) is 0.833. The Bertz CT molecular complexity index is 259. The standard InChI is InChI=1S/C12H24N2O3/c1-12(2,3)8-9(13)7-10(15)14-6-4-5-11(16)17/h9H,4-8,13H2,1-3H3,(H,14,15)(H,16,17). The summed E-state index contributed by atoms with van der Waals surface area (Å²) in [6.45, 7) is 6.64. The second kappa shape index (κ2) is 7.27. The molecule has 5 nitrogen and oxygen atoms in total. The lowest BCUT2D eigenvalue weighted by Gasteiger charge is -2.22. The molecule has 1 amide bonds. The zero-order chi connectivity index (χ0) is 13.5. The van der Waals surface area contributed by atoms with Crippen LogP contribution in [-0.2, 0) is 9.59 Å². The van der Waals surface area contributed by atoms with Gasteiger partial charge in [-0.05, 0) is 18.3 Å². The lowest BCUT2D eigenvalue weighted by molar-refractivity contribution is -0.137. The number of hydrogen-bond donors (Lipinski definition) is 3. The molecular weight excluding hydrogens is 220 g/mol. The summed E-state index contributed by atoms with van der Waals surface area (Å²) in [6.07, 6.45) is 1.61. The molecule has 0 heterocycles. The highest BCUT2D eigenvalue weighted by Gasteiger charge is 2.17. The normalized spacial score (nSPS) is 13.2. The molecule has 0 aliphatic carbocycles. The van der Waals surface area contributed by atoms with Gasteiger partial charge < -0.3 is 16.2 Å². The third-order valence-corrected chi connectivity index (χ3v) is 2.21. The van der Waals surface area contributed by atoms with Gasteiger partial charge in [-0.25, -0.2) is 0 Å². The highest BCUT2D eigenvalue weighted by molar-refractivity contribution is 5.76. The molecule has 1 atom stereocenters. The first-order valence-electron chi connectivity index (χ1n) is 5.95. The van der Waals surface area contributed by atoms with Crippen molar-refractivity contribution in [2.24, 2.45) is 11.1 Å². The van der Waals surface area contributed by atoms with Crippen molar-refractivity contribution in [3.05, 3.63) is 0 Å². The van der Waals surface area contributed by atoms with Crippen molar-refractivity contribution in [3.63, 3.8) is 0 Å². The second-order valence-corrected chi connectivity index (χ2v) is 5.58. The average molecular weight is 244 g/mol. The van der Waals surface area contributed by atoms with E-state index in [0.717, 1.165) is 6.42 Å². The van der Waals surface area contributed by atoms with Crippen LogP contribution in [0.25, 0.3) is 0 Å². The summed E-state index contributed by atoms with van der Waals surface area (Å²) in [6, 6.07) is -0.144. The molecule has 100 valence electrons. The van der Waals surface area contributed by atoms with Crippen molar-refractivity contribution in [1.29, 1.82) is 0 Å². The molecule has 0 fully saturated rings. The highest BCUT2D eigenvalue weighted by atomic mass is 16.4. The molecule has 0 saturated carbocycles. The summed E-state index contributed by atoms with van der Waals surface area (Å²) in [5.74, 6) is -0.948. The van der Waals surface area contributed by atoms with Gasteiger partial charge in [-0.2, -0.15) is 0 Å². The number of hydrogen-bond acceptors (Lipinski definition) is 3. The number of carboxylic acid groups (broad SMARTS) is 1. The largest absolute Gasteiger partial charge is 0.481 e. The summed E-state index contributed by atoms with van der Waals surface area (Å²) in [7, 11) is 0. The number of nitrogens with one attached hydrogen (secondary N) is 1. The SMILES string of the molecule is CC(C)(C)CC(N)CC(=O)NCCCC(=O)O. The van der Waals surface area contributed by atoms with Crippen LogP contribution in [0.4, 0.5) is 0 Å². The summed E-state index contributed by atoms with van der Waals surface area (Å²) in [5.41, 5.74) is 5.97. The predicted octanol–water partition coefficient (Wildman–Crippen LogP) is 1.12. The van der Waals surface area contributed by atoms with Crippen LogP contribution < -0.4 is 11.1 Å². The van der Waals surface area contributed by atoms with E-state index in [1.54, 1.807) is 0 Å². The van der Waals surface area contributed by atoms with E-state index in [-0.39, 0.29) is 23.8 Å². The van der Waals surface area contributed by atoms with Gasteiger partial charge in [0.2, 0.25) is 5.91 Å². The Balaban J connectivity index is 3.68. The fourth-order valence-corrected chi connectivity index (χ4v) is 1.64. The molecule has 0 spiro atoms. The molecule has 5 heteroatoms. The summed E-state index contributed by atoms with van der Waals surface area (Å²) in [5, 5.41) is 11.1. The van der Waals surface area contributed by atoms with Crippen molar-refractivity contribution >= 4 is 11.9 Å². The fourth-order valence-electron chi connectivity index (χ4n) is 1.64. The van der Waals surface area contributed by atoms with Crippen molar-refractivity contribution in [3.8, 4) is 0 Å². The molecule has 0 radical (unpaired) electrons. The maximum atomic E-state index is 11.4. The molecule has 0 rings (SSSR count). The molecule has 0 saturated heterocycles. The molecule has 1 unspecified atom stereocenters. The Morgan fingerprint density at radius 3 is 2.41 bits per heavy atom. The van der Waals surface area contributed by atoms with E-state index in [0.29, 0.717) is 19.4 Å². The third kappa shape index (κ3) is 11.2. The number of carboxylic acids is 1. The molecule has 4 N–H and O–H groups in total. The zero-order valence-electron chi connectivity index (χ0n) is 11.0. The van der Waals surface area contributed by atoms with Crippen LogP contribution >= 0.6 is 0 Å². The number of nitrogens with two attached hydrogens (primary N) is 1. The maximum absolute atomic E-state index is 11.4. The van der Waals surface area contributed by atoms with Crippen molar-refractivity contribution in [2.75, 3.05) is 6.54 Å². The minimum atomic E-state index is -0.844. The Kier molecular flexibility index (Phi) is 6.80. The number of amides is 1. The van der Waals surface area contributed by atoms with Gasteiger partial charge >= 0.3 is 5.97 Å². The summed E-state index contributed by atoms with van der Waals surface area (Å²) in [4.78, 5) is 21.7. The third-order valence-electron chi connectivity index (χ3n) is 2.21. The van der Waals surface area contributed by atoms with Gasteiger partial charge in [0.1, 0.15) is 0 Å². The first-order chi connectivity index (χ1) is 7.70. The number of carbonyl (C=O) groups is 2. The molecule has 0 aromatic heterocycles. The van der Waals surface area contributed by atoms with Gasteiger partial charge in [-0.3, -0.25) is 9.59 Å². The van der Waals surface area contributed by atoms with Crippen LogP contribution in [0.15, 0.2) is 0 Å². The van der Waals surface area contributed by atoms with E-state index in [4.69, 9.17) is 10.8 Å². The molecular formula is C12H24N2O3. The lowest BCUT2D eigenvalue weighted by Crippen LogP contribution is -2.34. The van der Waals surface area contributed by atoms with Crippen molar-refractivity contribution < 1.29 is 14.7 Å². The van der Waals surface area contributed by atoms with Crippen LogP contribution in [0, 0.1) is 5.41 Å². The molecule has 0 aromatic rings. The highest BCUT2D eigenvalue weighted by Crippen LogP contribution is 2.20. The first kappa shape index (κ1) is 15.9. The lowest BCUT2D eigenvalue weighted by atomic mass is 9.87. The van der Waals surface area contributed by atoms with Gasteiger partial charge in [-0.15, -0.1) is 0 Å². The number of carbonyl (C=O) groups excluding carboxylic acids is 1. The Morgan fingerprint density at radius 1 is 1.35 bits per heavy atom. The smallest absolute Gasteiger partial charge is 0.303 e. The Labute approximate surface area is 103 Å². The van der Waals surface area contributed by atoms with Gasteiger partial charge in [-0.1, -0.05) is 20.8 Å². The van der Waals surface area contributed by atoms with Crippen LogP contribution in [0.5, 0.6) is 0 Å².